The molecule has 1 aromatic rings. The fraction of sp³-hybridized carbons (Fsp3) is 0.455. The van der Waals surface area contributed by atoms with Crippen molar-refractivity contribution in [2.45, 2.75) is 32.4 Å². The molecule has 0 aliphatic rings. The van der Waals surface area contributed by atoms with Gasteiger partial charge in [0.05, 0.1) is 10.5 Å². The summed E-state index contributed by atoms with van der Waals surface area (Å²) in [5, 5.41) is 0. The van der Waals surface area contributed by atoms with Crippen LogP contribution in [0.5, 0.6) is 0 Å². The Hall–Kier alpha value is -0.550. The molecule has 1 aromatic heterocycles. The van der Waals surface area contributed by atoms with E-state index in [-0.39, 0.29) is 4.75 Å². The first-order valence-corrected chi connectivity index (χ1v) is 6.79. The second-order valence-electron chi connectivity index (χ2n) is 4.43. The molecule has 1 heterocycles. The zero-order valence-corrected chi connectivity index (χ0v) is 12.2. The Balaban J connectivity index is 2.99. The Kier molecular flexibility index (Phi) is 4.38. The molecule has 0 aromatic carbocycles. The van der Waals surface area contributed by atoms with E-state index >= 15 is 0 Å². The van der Waals surface area contributed by atoms with Gasteiger partial charge in [-0.2, -0.15) is 4.40 Å². The van der Waals surface area contributed by atoms with Crippen LogP contribution in [0.25, 0.3) is 0 Å². The molecule has 5 heteroatoms. The first-order chi connectivity index (χ1) is 7.30. The molecule has 1 unspecified atom stereocenters. The van der Waals surface area contributed by atoms with E-state index in [1.54, 1.807) is 12.4 Å². The van der Waals surface area contributed by atoms with Gasteiger partial charge in [0.15, 0.2) is 0 Å². The van der Waals surface area contributed by atoms with Crippen LogP contribution in [-0.4, -0.2) is 19.7 Å². The molecular formula is C11H15BrN2OS. The summed E-state index contributed by atoms with van der Waals surface area (Å²) in [4.78, 5) is 4.05. The molecule has 0 N–H and O–H groups in total. The van der Waals surface area contributed by atoms with Gasteiger partial charge in [0.1, 0.15) is 11.0 Å². The highest BCUT2D eigenvalue weighted by Gasteiger charge is 2.19. The second kappa shape index (κ2) is 5.19. The van der Waals surface area contributed by atoms with Crippen LogP contribution >= 0.6 is 15.9 Å². The lowest BCUT2D eigenvalue weighted by Gasteiger charge is -2.14. The van der Waals surface area contributed by atoms with E-state index in [1.807, 2.05) is 33.8 Å². The lowest BCUT2D eigenvalue weighted by Crippen LogP contribution is -2.20. The summed E-state index contributed by atoms with van der Waals surface area (Å²) < 4.78 is 16.6. The third kappa shape index (κ3) is 3.79. The summed E-state index contributed by atoms with van der Waals surface area (Å²) in [5.41, 5.74) is 1.62. The smallest absolute Gasteiger partial charge is 0.145 e. The van der Waals surface area contributed by atoms with Crippen LogP contribution in [0.3, 0.4) is 0 Å². The summed E-state index contributed by atoms with van der Waals surface area (Å²) >= 11 is 3.34. The van der Waals surface area contributed by atoms with Gasteiger partial charge in [-0.15, -0.1) is 0 Å². The molecule has 0 spiro atoms. The van der Waals surface area contributed by atoms with Gasteiger partial charge in [-0.25, -0.2) is 4.21 Å². The molecule has 0 saturated heterocycles. The molecular weight excluding hydrogens is 288 g/mol. The number of nitrogens with zero attached hydrogens (tertiary/aromatic N) is 2. The van der Waals surface area contributed by atoms with Crippen molar-refractivity contribution in [2.24, 2.45) is 4.40 Å². The van der Waals surface area contributed by atoms with Crippen molar-refractivity contribution < 1.29 is 4.21 Å². The van der Waals surface area contributed by atoms with E-state index in [1.165, 1.54) is 0 Å². The third-order valence-corrected chi connectivity index (χ3v) is 3.79. The zero-order chi connectivity index (χ0) is 12.3. The van der Waals surface area contributed by atoms with E-state index < -0.39 is 11.0 Å². The number of halogens is 1. The minimum absolute atomic E-state index is 0.333. The molecule has 16 heavy (non-hydrogen) atoms. The van der Waals surface area contributed by atoms with Gasteiger partial charge in [0.25, 0.3) is 0 Å². The van der Waals surface area contributed by atoms with Gasteiger partial charge in [0, 0.05) is 22.4 Å². The van der Waals surface area contributed by atoms with Gasteiger partial charge in [0.2, 0.25) is 0 Å². The van der Waals surface area contributed by atoms with Crippen LogP contribution in [0.1, 0.15) is 33.3 Å². The fourth-order valence-electron chi connectivity index (χ4n) is 0.924. The van der Waals surface area contributed by atoms with Gasteiger partial charge in [-0.3, -0.25) is 4.98 Å². The Morgan fingerprint density at radius 3 is 2.56 bits per heavy atom. The molecule has 3 nitrogen and oxygen atoms in total. The molecule has 0 aliphatic carbocycles. The normalized spacial score (nSPS) is 14.9. The number of hydrogen-bond donors (Lipinski definition) is 0. The van der Waals surface area contributed by atoms with Crippen LogP contribution in [-0.2, 0) is 11.0 Å². The first-order valence-electron chi connectivity index (χ1n) is 4.89. The van der Waals surface area contributed by atoms with Gasteiger partial charge < -0.3 is 0 Å². The maximum Gasteiger partial charge on any atom is 0.145 e. The van der Waals surface area contributed by atoms with Crippen LogP contribution in [0.4, 0.5) is 0 Å². The predicted molar refractivity (Wildman–Crippen MR) is 72.0 cm³/mol. The summed E-state index contributed by atoms with van der Waals surface area (Å²) in [6.45, 7) is 7.55. The highest BCUT2D eigenvalue weighted by molar-refractivity contribution is 9.10. The summed E-state index contributed by atoms with van der Waals surface area (Å²) in [6, 6.07) is 1.91. The van der Waals surface area contributed by atoms with Gasteiger partial charge in [-0.1, -0.05) is 0 Å². The van der Waals surface area contributed by atoms with Crippen molar-refractivity contribution >= 4 is 32.6 Å². The van der Waals surface area contributed by atoms with Crippen LogP contribution in [0, 0.1) is 0 Å². The minimum Gasteiger partial charge on any atom is -0.263 e. The summed E-state index contributed by atoms with van der Waals surface area (Å²) in [7, 11) is -1.23. The lowest BCUT2D eigenvalue weighted by atomic mass is 10.2. The molecule has 88 valence electrons. The Bertz CT molecular complexity index is 438. The molecule has 0 aliphatic heterocycles. The summed E-state index contributed by atoms with van der Waals surface area (Å²) in [5.74, 6) is 0. The Labute approximate surface area is 107 Å². The van der Waals surface area contributed by atoms with Crippen molar-refractivity contribution in [3.8, 4) is 0 Å². The highest BCUT2D eigenvalue weighted by Crippen LogP contribution is 2.15. The van der Waals surface area contributed by atoms with Gasteiger partial charge in [-0.05, 0) is 49.7 Å². The first kappa shape index (κ1) is 13.5. The average Bonchev–Trinajstić information content (AvgIpc) is 2.16. The van der Waals surface area contributed by atoms with E-state index in [4.69, 9.17) is 0 Å². The Morgan fingerprint density at radius 2 is 2.06 bits per heavy atom. The van der Waals surface area contributed by atoms with Crippen LogP contribution in [0.15, 0.2) is 27.3 Å². The molecule has 1 atom stereocenters. The monoisotopic (exact) mass is 302 g/mol. The quantitative estimate of drug-likeness (QED) is 0.788. The van der Waals surface area contributed by atoms with E-state index in [0.717, 1.165) is 15.7 Å². The number of rotatable bonds is 2. The maximum atomic E-state index is 11.8. The predicted octanol–water partition coefficient (Wildman–Crippen LogP) is 3.12. The molecule has 0 radical (unpaired) electrons. The molecule has 1 rings (SSSR count). The molecule has 0 amide bonds. The van der Waals surface area contributed by atoms with Crippen molar-refractivity contribution in [1.82, 2.24) is 4.98 Å². The van der Waals surface area contributed by atoms with Crippen LogP contribution in [0.2, 0.25) is 0 Å². The second-order valence-corrected chi connectivity index (χ2v) is 7.25. The van der Waals surface area contributed by atoms with Crippen LogP contribution < -0.4 is 0 Å². The highest BCUT2D eigenvalue weighted by atomic mass is 79.9. The van der Waals surface area contributed by atoms with E-state index in [9.17, 15) is 4.21 Å². The standard InChI is InChI=1S/C11H15BrN2OS/c1-8(14-16(15)11(2,3)4)9-5-10(12)7-13-6-9/h5-7H,1-4H3/b14-8+. The number of hydrogen-bond acceptors (Lipinski definition) is 2. The zero-order valence-electron chi connectivity index (χ0n) is 9.82. The van der Waals surface area contributed by atoms with Crippen molar-refractivity contribution in [3.05, 3.63) is 28.5 Å². The van der Waals surface area contributed by atoms with Crippen molar-refractivity contribution in [3.63, 3.8) is 0 Å². The van der Waals surface area contributed by atoms with E-state index in [0.29, 0.717) is 0 Å². The van der Waals surface area contributed by atoms with Crippen molar-refractivity contribution in [1.29, 1.82) is 0 Å². The van der Waals surface area contributed by atoms with Crippen molar-refractivity contribution in [2.75, 3.05) is 0 Å². The number of aromatic nitrogens is 1. The minimum atomic E-state index is -1.23. The summed E-state index contributed by atoms with van der Waals surface area (Å²) in [6.07, 6.45) is 3.42. The SMILES string of the molecule is C/C(=N\S(=O)C(C)(C)C)c1cncc(Br)c1. The molecule has 0 bridgehead atoms. The lowest BCUT2D eigenvalue weighted by molar-refractivity contribution is 0.650. The Morgan fingerprint density at radius 1 is 1.44 bits per heavy atom. The molecule has 0 fully saturated rings. The number of pyridine rings is 1. The fourth-order valence-corrected chi connectivity index (χ4v) is 1.92. The topological polar surface area (TPSA) is 42.3 Å². The largest absolute Gasteiger partial charge is 0.263 e. The maximum absolute atomic E-state index is 11.8. The average molecular weight is 303 g/mol. The van der Waals surface area contributed by atoms with E-state index in [2.05, 4.69) is 25.3 Å². The van der Waals surface area contributed by atoms with Gasteiger partial charge >= 0.3 is 0 Å². The molecule has 0 saturated carbocycles. The third-order valence-electron chi connectivity index (χ3n) is 1.87.